The summed E-state index contributed by atoms with van der Waals surface area (Å²) in [6.07, 6.45) is 3.43. The van der Waals surface area contributed by atoms with E-state index in [4.69, 9.17) is 5.11 Å². The van der Waals surface area contributed by atoms with Crippen LogP contribution in [0, 0.1) is 0 Å². The molecular formula is C12H10N2O3S2. The second-order valence-corrected chi connectivity index (χ2v) is 5.19. The number of rotatable bonds is 4. The Kier molecular flexibility index (Phi) is 4.18. The van der Waals surface area contributed by atoms with Gasteiger partial charge in [0.2, 0.25) is 0 Å². The van der Waals surface area contributed by atoms with Crippen LogP contribution < -0.4 is 5.32 Å². The molecule has 1 amide bonds. The van der Waals surface area contributed by atoms with Gasteiger partial charge in [0.15, 0.2) is 0 Å². The average molecular weight is 294 g/mol. The van der Waals surface area contributed by atoms with E-state index in [1.165, 1.54) is 11.8 Å². The van der Waals surface area contributed by atoms with E-state index in [1.54, 1.807) is 29.8 Å². The van der Waals surface area contributed by atoms with Gasteiger partial charge in [-0.3, -0.25) is 4.79 Å². The van der Waals surface area contributed by atoms with Crippen molar-refractivity contribution >= 4 is 40.7 Å². The van der Waals surface area contributed by atoms with Crippen molar-refractivity contribution in [2.45, 2.75) is 5.03 Å². The zero-order valence-corrected chi connectivity index (χ0v) is 11.5. The van der Waals surface area contributed by atoms with Crippen LogP contribution in [-0.2, 0) is 0 Å². The maximum atomic E-state index is 12.1. The molecule has 2 heterocycles. The molecule has 0 spiro atoms. The number of thiophene rings is 1. The molecule has 0 atom stereocenters. The lowest BCUT2D eigenvalue weighted by molar-refractivity contribution is 0.0703. The highest BCUT2D eigenvalue weighted by molar-refractivity contribution is 7.98. The van der Waals surface area contributed by atoms with Gasteiger partial charge in [-0.2, -0.15) is 0 Å². The Bertz CT molecular complexity index is 625. The van der Waals surface area contributed by atoms with Crippen LogP contribution >= 0.6 is 23.1 Å². The number of aromatic carboxylic acids is 1. The molecule has 0 aromatic carbocycles. The Balaban J connectivity index is 2.26. The normalized spacial score (nSPS) is 10.2. The average Bonchev–Trinajstić information content (AvgIpc) is 2.87. The molecule has 2 aromatic rings. The van der Waals surface area contributed by atoms with Crippen molar-refractivity contribution in [3.05, 3.63) is 40.2 Å². The Labute approximate surface area is 117 Å². The summed E-state index contributed by atoms with van der Waals surface area (Å²) >= 11 is 2.43. The number of thioether (sulfide) groups is 1. The summed E-state index contributed by atoms with van der Waals surface area (Å²) in [5.41, 5.74) is 0.732. The molecule has 0 fully saturated rings. The molecule has 98 valence electrons. The van der Waals surface area contributed by atoms with E-state index in [9.17, 15) is 9.59 Å². The van der Waals surface area contributed by atoms with E-state index < -0.39 is 5.97 Å². The fourth-order valence-corrected chi connectivity index (χ4v) is 2.72. The van der Waals surface area contributed by atoms with Crippen LogP contribution in [-0.4, -0.2) is 28.2 Å². The van der Waals surface area contributed by atoms with Crippen LogP contribution in [0.4, 0.5) is 5.69 Å². The van der Waals surface area contributed by atoms with Gasteiger partial charge in [0.05, 0.1) is 11.3 Å². The van der Waals surface area contributed by atoms with Gasteiger partial charge < -0.3 is 10.4 Å². The number of carboxylic acids is 1. The van der Waals surface area contributed by atoms with Crippen molar-refractivity contribution in [2.24, 2.45) is 0 Å². The van der Waals surface area contributed by atoms with Crippen LogP contribution in [0.3, 0.4) is 0 Å². The fraction of sp³-hybridized carbons (Fsp3) is 0.0833. The number of hydrogen-bond donors (Lipinski definition) is 2. The minimum Gasteiger partial charge on any atom is -0.477 e. The standard InChI is InChI=1S/C12H10N2O3S2/c1-18-11-7(3-2-5-13-11)10(15)14-8-4-6-19-9(8)12(16)17/h2-6H,1H3,(H,14,15)(H,16,17). The van der Waals surface area contributed by atoms with Crippen LogP contribution in [0.25, 0.3) is 0 Å². The van der Waals surface area contributed by atoms with E-state index in [0.29, 0.717) is 16.3 Å². The summed E-state index contributed by atoms with van der Waals surface area (Å²) in [6, 6.07) is 4.89. The molecule has 0 aliphatic carbocycles. The van der Waals surface area contributed by atoms with Crippen molar-refractivity contribution in [1.82, 2.24) is 4.98 Å². The van der Waals surface area contributed by atoms with Gasteiger partial charge >= 0.3 is 5.97 Å². The summed E-state index contributed by atoms with van der Waals surface area (Å²) in [7, 11) is 0. The molecule has 5 nitrogen and oxygen atoms in total. The number of pyridine rings is 1. The first-order chi connectivity index (χ1) is 9.13. The van der Waals surface area contributed by atoms with Gasteiger partial charge in [0.25, 0.3) is 5.91 Å². The number of anilines is 1. The van der Waals surface area contributed by atoms with Crippen LogP contribution in [0.1, 0.15) is 20.0 Å². The molecule has 0 radical (unpaired) electrons. The first-order valence-electron chi connectivity index (χ1n) is 5.24. The van der Waals surface area contributed by atoms with Gasteiger partial charge in [-0.05, 0) is 29.8 Å². The van der Waals surface area contributed by atoms with Crippen molar-refractivity contribution in [1.29, 1.82) is 0 Å². The molecular weight excluding hydrogens is 284 g/mol. The summed E-state index contributed by atoms with van der Waals surface area (Å²) in [5.74, 6) is -1.42. The quantitative estimate of drug-likeness (QED) is 0.848. The predicted molar refractivity (Wildman–Crippen MR) is 75.2 cm³/mol. The molecule has 0 bridgehead atoms. The summed E-state index contributed by atoms with van der Waals surface area (Å²) in [4.78, 5) is 27.3. The zero-order chi connectivity index (χ0) is 13.8. The number of aromatic nitrogens is 1. The van der Waals surface area contributed by atoms with E-state index >= 15 is 0 Å². The fourth-order valence-electron chi connectivity index (χ4n) is 1.49. The largest absolute Gasteiger partial charge is 0.477 e. The Morgan fingerprint density at radius 1 is 1.42 bits per heavy atom. The zero-order valence-electron chi connectivity index (χ0n) is 9.91. The lowest BCUT2D eigenvalue weighted by Crippen LogP contribution is -2.14. The minimum absolute atomic E-state index is 0.114. The van der Waals surface area contributed by atoms with E-state index in [1.807, 2.05) is 6.26 Å². The molecule has 0 unspecified atom stereocenters. The number of nitrogens with one attached hydrogen (secondary N) is 1. The number of carbonyl (C=O) groups is 2. The third-order valence-corrected chi connectivity index (χ3v) is 3.93. The number of carboxylic acid groups (broad SMARTS) is 1. The number of carbonyl (C=O) groups excluding carboxylic acids is 1. The Morgan fingerprint density at radius 3 is 2.89 bits per heavy atom. The molecule has 2 aromatic heterocycles. The Hall–Kier alpha value is -1.86. The molecule has 0 saturated carbocycles. The van der Waals surface area contributed by atoms with Gasteiger partial charge in [-0.15, -0.1) is 23.1 Å². The third-order valence-electron chi connectivity index (χ3n) is 2.32. The molecule has 7 heteroatoms. The first kappa shape index (κ1) is 13.6. The monoisotopic (exact) mass is 294 g/mol. The topological polar surface area (TPSA) is 79.3 Å². The smallest absolute Gasteiger partial charge is 0.348 e. The van der Waals surface area contributed by atoms with Crippen LogP contribution in [0.5, 0.6) is 0 Å². The maximum Gasteiger partial charge on any atom is 0.348 e. The van der Waals surface area contributed by atoms with Gasteiger partial charge in [-0.1, -0.05) is 0 Å². The third kappa shape index (κ3) is 2.94. The molecule has 2 N–H and O–H groups in total. The van der Waals surface area contributed by atoms with Crippen LogP contribution in [0.15, 0.2) is 34.8 Å². The van der Waals surface area contributed by atoms with Gasteiger partial charge in [0, 0.05) is 6.20 Å². The second-order valence-electron chi connectivity index (χ2n) is 3.48. The van der Waals surface area contributed by atoms with Crippen molar-refractivity contribution in [2.75, 3.05) is 11.6 Å². The van der Waals surface area contributed by atoms with Crippen molar-refractivity contribution in [3.63, 3.8) is 0 Å². The number of nitrogens with zero attached hydrogens (tertiary/aromatic N) is 1. The second kappa shape index (κ2) is 5.85. The van der Waals surface area contributed by atoms with E-state index in [0.717, 1.165) is 11.3 Å². The first-order valence-corrected chi connectivity index (χ1v) is 7.35. The minimum atomic E-state index is -1.05. The highest BCUT2D eigenvalue weighted by Gasteiger charge is 2.17. The highest BCUT2D eigenvalue weighted by atomic mass is 32.2. The maximum absolute atomic E-state index is 12.1. The summed E-state index contributed by atoms with van der Waals surface area (Å²) in [6.45, 7) is 0. The predicted octanol–water partition coefficient (Wildman–Crippen LogP) is 2.82. The Morgan fingerprint density at radius 2 is 2.21 bits per heavy atom. The lowest BCUT2D eigenvalue weighted by Gasteiger charge is -2.07. The van der Waals surface area contributed by atoms with Gasteiger partial charge in [0.1, 0.15) is 9.90 Å². The summed E-state index contributed by atoms with van der Waals surface area (Å²) in [5, 5.41) is 13.8. The number of amides is 1. The lowest BCUT2D eigenvalue weighted by atomic mass is 10.2. The summed E-state index contributed by atoms with van der Waals surface area (Å²) < 4.78 is 0. The molecule has 0 aliphatic rings. The molecule has 0 aliphatic heterocycles. The van der Waals surface area contributed by atoms with Crippen molar-refractivity contribution in [3.8, 4) is 0 Å². The van der Waals surface area contributed by atoms with E-state index in [2.05, 4.69) is 10.3 Å². The molecule has 2 rings (SSSR count). The van der Waals surface area contributed by atoms with E-state index in [-0.39, 0.29) is 10.8 Å². The molecule has 19 heavy (non-hydrogen) atoms. The van der Waals surface area contributed by atoms with Crippen molar-refractivity contribution < 1.29 is 14.7 Å². The van der Waals surface area contributed by atoms with Crippen LogP contribution in [0.2, 0.25) is 0 Å². The SMILES string of the molecule is CSc1ncccc1C(=O)Nc1ccsc1C(=O)O. The highest BCUT2D eigenvalue weighted by Crippen LogP contribution is 2.24. The molecule has 0 saturated heterocycles. The number of hydrogen-bond acceptors (Lipinski definition) is 5. The van der Waals surface area contributed by atoms with Gasteiger partial charge in [-0.25, -0.2) is 9.78 Å².